The van der Waals surface area contributed by atoms with Gasteiger partial charge in [-0.15, -0.1) is 0 Å². The zero-order chi connectivity index (χ0) is 42.4. The van der Waals surface area contributed by atoms with Crippen molar-refractivity contribution in [1.29, 1.82) is 0 Å². The number of sulfonamides is 1. The number of aromatic nitrogens is 1. The molecular weight excluding hydrogens is 784 g/mol. The minimum Gasteiger partial charge on any atom is -0.494 e. The molecule has 2 aliphatic carbocycles. The lowest BCUT2D eigenvalue weighted by Gasteiger charge is -2.34. The fraction of sp³-hybridized carbons (Fsp3) is 0.625. The van der Waals surface area contributed by atoms with Crippen molar-refractivity contribution in [3.8, 4) is 11.6 Å². The van der Waals surface area contributed by atoms with Crippen LogP contribution in [0.25, 0.3) is 10.8 Å². The molecule has 3 N–H and O–H groups in total. The lowest BCUT2D eigenvalue weighted by molar-refractivity contribution is -0.142. The summed E-state index contributed by atoms with van der Waals surface area (Å²) in [5.74, 6) is -4.13. The highest BCUT2D eigenvalue weighted by molar-refractivity contribution is 7.91. The molecule has 2 aliphatic heterocycles. The van der Waals surface area contributed by atoms with Crippen LogP contribution in [0.5, 0.6) is 11.6 Å². The van der Waals surface area contributed by atoms with E-state index >= 15 is 0 Å². The zero-order valence-electron chi connectivity index (χ0n) is 33.5. The van der Waals surface area contributed by atoms with Crippen molar-refractivity contribution >= 4 is 44.6 Å². The summed E-state index contributed by atoms with van der Waals surface area (Å²) in [5.41, 5.74) is -3.83. The van der Waals surface area contributed by atoms with Gasteiger partial charge in [-0.25, -0.2) is 31.4 Å². The van der Waals surface area contributed by atoms with Gasteiger partial charge in [-0.05, 0) is 94.7 Å². The smallest absolute Gasteiger partial charge is 0.408 e. The van der Waals surface area contributed by atoms with Crippen molar-refractivity contribution in [2.75, 3.05) is 13.7 Å². The number of ether oxygens (including phenoxy) is 3. The van der Waals surface area contributed by atoms with Gasteiger partial charge < -0.3 is 29.7 Å². The van der Waals surface area contributed by atoms with Crippen LogP contribution in [-0.2, 0) is 29.1 Å². The molecule has 2 saturated carbocycles. The fourth-order valence-corrected chi connectivity index (χ4v) is 9.12. The molecule has 2 aromatic rings. The Morgan fingerprint density at radius 3 is 2.55 bits per heavy atom. The molecule has 18 heteroatoms. The molecular formula is C40H52F3N5O9S. The summed E-state index contributed by atoms with van der Waals surface area (Å²) in [6, 6.07) is 1.64. The Morgan fingerprint density at radius 1 is 1.17 bits per heavy atom. The van der Waals surface area contributed by atoms with Crippen LogP contribution in [0, 0.1) is 23.6 Å². The van der Waals surface area contributed by atoms with Gasteiger partial charge >= 0.3 is 6.09 Å². The number of benzene rings is 1. The molecule has 0 radical (unpaired) electrons. The SMILES string of the molecule is CC[C@@H]1C[C@@H](C)CCC=C[C@@H]2C[C@@]2(C(=O)NS(=O)(=O)C2(C)CC2)NC(=O)[C@@H]2C[C@@H](Oc3nccc4cc(OC)c(F)cc34)CN2C(=O)[C@H]1NC(=O)OC(C)(C)C(F)F. The third-order valence-corrected chi connectivity index (χ3v) is 14.2. The van der Waals surface area contributed by atoms with E-state index in [-0.39, 0.29) is 36.9 Å². The lowest BCUT2D eigenvalue weighted by Crippen LogP contribution is -2.59. The number of methoxy groups -OCH3 is 1. The Balaban J connectivity index is 1.37. The van der Waals surface area contributed by atoms with E-state index in [1.807, 2.05) is 19.9 Å². The molecule has 6 rings (SSSR count). The summed E-state index contributed by atoms with van der Waals surface area (Å²) in [6.07, 6.45) is 2.66. The number of nitrogens with zero attached hydrogens (tertiary/aromatic N) is 2. The number of rotatable bonds is 10. The largest absolute Gasteiger partial charge is 0.494 e. The number of allylic oxidation sites excluding steroid dienone is 1. The second-order valence-corrected chi connectivity index (χ2v) is 19.1. The number of alkyl carbamates (subject to hydrolysis) is 1. The molecule has 1 aromatic heterocycles. The van der Waals surface area contributed by atoms with E-state index in [0.29, 0.717) is 49.3 Å². The maximum atomic E-state index is 14.9. The van der Waals surface area contributed by atoms with E-state index in [2.05, 4.69) is 20.3 Å². The number of hydrogen-bond donors (Lipinski definition) is 3. The van der Waals surface area contributed by atoms with Crippen LogP contribution in [0.15, 0.2) is 36.5 Å². The third kappa shape index (κ3) is 8.71. The Hall–Kier alpha value is -4.61. The Kier molecular flexibility index (Phi) is 12.0. The molecule has 1 aromatic carbocycles. The van der Waals surface area contributed by atoms with Gasteiger partial charge in [0.15, 0.2) is 17.2 Å². The quantitative estimate of drug-likeness (QED) is 0.271. The van der Waals surface area contributed by atoms with Gasteiger partial charge in [-0.3, -0.25) is 19.1 Å². The summed E-state index contributed by atoms with van der Waals surface area (Å²) in [4.78, 5) is 62.1. The molecule has 0 spiro atoms. The second-order valence-electron chi connectivity index (χ2n) is 16.9. The number of alkyl halides is 2. The van der Waals surface area contributed by atoms with Crippen molar-refractivity contribution < 1.29 is 55.0 Å². The number of carbonyl (C=O) groups is 4. The summed E-state index contributed by atoms with van der Waals surface area (Å²) >= 11 is 0. The van der Waals surface area contributed by atoms with Crippen molar-refractivity contribution in [2.45, 2.75) is 126 Å². The highest BCUT2D eigenvalue weighted by Gasteiger charge is 2.63. The summed E-state index contributed by atoms with van der Waals surface area (Å²) in [6.45, 7) is 7.20. The van der Waals surface area contributed by atoms with Gasteiger partial charge in [0.2, 0.25) is 27.7 Å². The van der Waals surface area contributed by atoms with E-state index in [1.54, 1.807) is 12.1 Å². The first-order valence-corrected chi connectivity index (χ1v) is 21.1. The highest BCUT2D eigenvalue weighted by atomic mass is 32.2. The van der Waals surface area contributed by atoms with Gasteiger partial charge in [-0.2, -0.15) is 0 Å². The number of nitrogens with one attached hydrogen (secondary N) is 3. The van der Waals surface area contributed by atoms with Crippen molar-refractivity contribution in [3.63, 3.8) is 0 Å². The maximum absolute atomic E-state index is 14.9. The molecule has 0 bridgehead atoms. The molecule has 14 nitrogen and oxygen atoms in total. The first-order chi connectivity index (χ1) is 27.2. The minimum absolute atomic E-state index is 0.00211. The van der Waals surface area contributed by atoms with Crippen LogP contribution in [0.3, 0.4) is 0 Å². The Labute approximate surface area is 336 Å². The molecule has 7 atom stereocenters. The average Bonchev–Trinajstić information content (AvgIpc) is 4.04. The molecule has 1 saturated heterocycles. The first kappa shape index (κ1) is 43.0. The Bertz CT molecular complexity index is 2080. The maximum Gasteiger partial charge on any atom is 0.408 e. The van der Waals surface area contributed by atoms with E-state index in [9.17, 15) is 40.8 Å². The summed E-state index contributed by atoms with van der Waals surface area (Å²) in [5, 5.41) is 6.17. The van der Waals surface area contributed by atoms with Crippen molar-refractivity contribution in [1.82, 2.24) is 25.2 Å². The van der Waals surface area contributed by atoms with E-state index in [4.69, 9.17) is 14.2 Å². The number of pyridine rings is 1. The molecule has 0 unspecified atom stereocenters. The van der Waals surface area contributed by atoms with Gasteiger partial charge in [0.1, 0.15) is 23.7 Å². The molecule has 58 heavy (non-hydrogen) atoms. The molecule has 4 amide bonds. The standard InChI is InChI=1S/C40H52F3N5O9S/c1-7-23-16-22(2)10-8-9-11-25-20-40(25,36(51)47-58(53,54)39(5)13-14-39)46-32(49)29-18-26(56-33-27-19-28(41)30(55-6)17-24(27)12-15-44-33)21-48(29)34(50)31(23)45-37(52)57-38(3,4)35(42)43/h9,11-12,15,17,19,22-23,25-26,29,31,35H,7-8,10,13-14,16,18,20-21H2,1-6H3,(H,45,52)(H,46,49)(H,47,51)/t22-,23+,25+,26+,29-,31-,40+/m0/s1. The van der Waals surface area contributed by atoms with Gasteiger partial charge in [0, 0.05) is 23.9 Å². The van der Waals surface area contributed by atoms with Crippen molar-refractivity contribution in [3.05, 3.63) is 42.4 Å². The average molecular weight is 836 g/mol. The predicted molar refractivity (Wildman–Crippen MR) is 206 cm³/mol. The van der Waals surface area contributed by atoms with Gasteiger partial charge in [0.05, 0.1) is 18.4 Å². The molecule has 3 fully saturated rings. The third-order valence-electron chi connectivity index (χ3n) is 12.0. The van der Waals surface area contributed by atoms with Gasteiger partial charge in [-0.1, -0.05) is 32.4 Å². The predicted octanol–water partition coefficient (Wildman–Crippen LogP) is 5.15. The normalized spacial score (nSPS) is 28.7. The van der Waals surface area contributed by atoms with Crippen LogP contribution >= 0.6 is 0 Å². The van der Waals surface area contributed by atoms with E-state index < -0.39 is 92.0 Å². The molecule has 318 valence electrons. The molecule has 3 heterocycles. The van der Waals surface area contributed by atoms with Crippen LogP contribution < -0.4 is 24.8 Å². The van der Waals surface area contributed by atoms with Crippen LogP contribution in [-0.4, -0.2) is 96.3 Å². The first-order valence-electron chi connectivity index (χ1n) is 19.7. The summed E-state index contributed by atoms with van der Waals surface area (Å²) < 4.78 is 86.4. The van der Waals surface area contributed by atoms with Crippen LogP contribution in [0.1, 0.15) is 86.0 Å². The second kappa shape index (κ2) is 16.2. The summed E-state index contributed by atoms with van der Waals surface area (Å²) in [7, 11) is -2.75. The lowest BCUT2D eigenvalue weighted by atomic mass is 9.85. The number of fused-ring (bicyclic) bond motifs is 3. The Morgan fingerprint density at radius 2 is 1.90 bits per heavy atom. The van der Waals surface area contributed by atoms with E-state index in [1.165, 1.54) is 37.3 Å². The van der Waals surface area contributed by atoms with E-state index in [0.717, 1.165) is 13.8 Å². The number of hydrogen-bond acceptors (Lipinski definition) is 10. The number of carbonyl (C=O) groups excluding carboxylic acids is 4. The topological polar surface area (TPSA) is 182 Å². The zero-order valence-corrected chi connectivity index (χ0v) is 34.3. The van der Waals surface area contributed by atoms with Crippen molar-refractivity contribution in [2.24, 2.45) is 17.8 Å². The number of halogens is 3. The van der Waals surface area contributed by atoms with Gasteiger partial charge in [0.25, 0.3) is 12.3 Å². The monoisotopic (exact) mass is 835 g/mol. The van der Waals surface area contributed by atoms with Crippen LogP contribution in [0.2, 0.25) is 0 Å². The molecule has 4 aliphatic rings. The highest BCUT2D eigenvalue weighted by Crippen LogP contribution is 2.48. The van der Waals surface area contributed by atoms with Crippen LogP contribution in [0.4, 0.5) is 18.0 Å². The number of amides is 4. The fourth-order valence-electron chi connectivity index (χ4n) is 7.81. The minimum atomic E-state index is -4.08.